The molecule has 0 aromatic heterocycles. The van der Waals surface area contributed by atoms with Crippen LogP contribution in [0.2, 0.25) is 0 Å². The molecule has 0 bridgehead atoms. The number of carbonyl (C=O) groups excluding carboxylic acids is 1. The Morgan fingerprint density at radius 3 is 2.62 bits per heavy atom. The van der Waals surface area contributed by atoms with Crippen molar-refractivity contribution < 1.29 is 9.53 Å². The normalized spacial score (nSPS) is 31.0. The molecule has 3 unspecified atom stereocenters. The predicted octanol–water partition coefficient (Wildman–Crippen LogP) is 1.37. The van der Waals surface area contributed by atoms with Crippen LogP contribution in [0, 0.1) is 11.3 Å². The Morgan fingerprint density at radius 1 is 1.38 bits per heavy atom. The molecule has 2 N–H and O–H groups in total. The van der Waals surface area contributed by atoms with Crippen molar-refractivity contribution in [3.05, 3.63) is 0 Å². The maximum atomic E-state index is 12.2. The summed E-state index contributed by atoms with van der Waals surface area (Å²) in [5.74, 6) is 1.42. The molecule has 2 aliphatic carbocycles. The first-order valence-corrected chi connectivity index (χ1v) is 9.14. The van der Waals surface area contributed by atoms with Crippen molar-refractivity contribution in [3.63, 3.8) is 0 Å². The van der Waals surface area contributed by atoms with Gasteiger partial charge in [0.1, 0.15) is 0 Å². The molecule has 6 heteroatoms. The fourth-order valence-corrected chi connectivity index (χ4v) is 4.69. The first-order chi connectivity index (χ1) is 11.3. The van der Waals surface area contributed by atoms with Crippen LogP contribution >= 0.6 is 0 Å². The second kappa shape index (κ2) is 6.21. The fraction of sp³-hybridized carbons (Fsp3) is 0.889. The van der Waals surface area contributed by atoms with E-state index in [2.05, 4.69) is 15.6 Å². The van der Waals surface area contributed by atoms with E-state index >= 15 is 0 Å². The first kappa shape index (κ1) is 17.5. The van der Waals surface area contributed by atoms with Crippen LogP contribution in [0.15, 0.2) is 4.99 Å². The molecule has 1 saturated heterocycles. The highest BCUT2D eigenvalue weighted by Gasteiger charge is 2.66. The third-order valence-electron chi connectivity index (χ3n) is 5.79. The molecule has 2 saturated carbocycles. The number of rotatable bonds is 3. The highest BCUT2D eigenvalue weighted by molar-refractivity contribution is 5.86. The number of fused-ring (bicyclic) bond motifs is 2. The van der Waals surface area contributed by atoms with Crippen LogP contribution in [-0.4, -0.2) is 61.7 Å². The standard InChI is InChI=1S/C18H32N4O2/c1-17(2,3)21-13(23)11-22(5)16(19-4)20-14-12-7-10-24-15(12)18(14)8-6-9-18/h12,14-15H,6-11H2,1-5H3,(H,19,20)(H,21,23). The number of ether oxygens (including phenoxy) is 1. The zero-order valence-corrected chi connectivity index (χ0v) is 15.7. The number of likely N-dealkylation sites (N-methyl/N-ethyl adjacent to an activating group) is 1. The van der Waals surface area contributed by atoms with Gasteiger partial charge in [-0.3, -0.25) is 9.79 Å². The molecule has 1 heterocycles. The lowest BCUT2D eigenvalue weighted by Crippen LogP contribution is -2.72. The number of hydrogen-bond donors (Lipinski definition) is 2. The molecular weight excluding hydrogens is 304 g/mol. The Kier molecular flexibility index (Phi) is 4.53. The molecular formula is C18H32N4O2. The van der Waals surface area contributed by atoms with Crippen molar-refractivity contribution in [2.75, 3.05) is 27.2 Å². The monoisotopic (exact) mass is 336 g/mol. The van der Waals surface area contributed by atoms with Crippen LogP contribution in [0.4, 0.5) is 0 Å². The summed E-state index contributed by atoms with van der Waals surface area (Å²) in [6.07, 6.45) is 5.37. The van der Waals surface area contributed by atoms with E-state index in [4.69, 9.17) is 4.74 Å². The Balaban J connectivity index is 1.59. The number of amides is 1. The van der Waals surface area contributed by atoms with Crippen LogP contribution in [0.5, 0.6) is 0 Å². The maximum Gasteiger partial charge on any atom is 0.240 e. The minimum absolute atomic E-state index is 0.0157. The molecule has 3 aliphatic rings. The van der Waals surface area contributed by atoms with E-state index in [0.29, 0.717) is 30.0 Å². The van der Waals surface area contributed by atoms with Gasteiger partial charge >= 0.3 is 0 Å². The van der Waals surface area contributed by atoms with Crippen molar-refractivity contribution in [1.29, 1.82) is 0 Å². The Morgan fingerprint density at radius 2 is 2.08 bits per heavy atom. The molecule has 3 fully saturated rings. The molecule has 3 atom stereocenters. The Hall–Kier alpha value is -1.30. The lowest BCUT2D eigenvalue weighted by Gasteiger charge is -2.63. The summed E-state index contributed by atoms with van der Waals surface area (Å²) in [5.41, 5.74) is 0.0961. The maximum absolute atomic E-state index is 12.2. The quantitative estimate of drug-likeness (QED) is 0.603. The van der Waals surface area contributed by atoms with E-state index < -0.39 is 0 Å². The summed E-state index contributed by atoms with van der Waals surface area (Å²) in [6.45, 7) is 7.17. The van der Waals surface area contributed by atoms with Gasteiger partial charge < -0.3 is 20.3 Å². The summed E-state index contributed by atoms with van der Waals surface area (Å²) >= 11 is 0. The number of aliphatic imine (C=N–C) groups is 1. The number of nitrogens with zero attached hydrogens (tertiary/aromatic N) is 2. The van der Waals surface area contributed by atoms with E-state index in [0.717, 1.165) is 19.0 Å². The van der Waals surface area contributed by atoms with Crippen LogP contribution in [-0.2, 0) is 9.53 Å². The van der Waals surface area contributed by atoms with Crippen molar-refractivity contribution >= 4 is 11.9 Å². The molecule has 1 amide bonds. The SMILES string of the molecule is CN=C(NC1C2CCOC2C12CCC2)N(C)CC(=O)NC(C)(C)C. The number of hydrogen-bond acceptors (Lipinski definition) is 3. The number of carbonyl (C=O) groups is 1. The Labute approximate surface area is 145 Å². The summed E-state index contributed by atoms with van der Waals surface area (Å²) < 4.78 is 5.98. The van der Waals surface area contributed by atoms with E-state index in [-0.39, 0.29) is 11.4 Å². The van der Waals surface area contributed by atoms with E-state index in [1.54, 1.807) is 7.05 Å². The minimum Gasteiger partial charge on any atom is -0.377 e. The topological polar surface area (TPSA) is 66.0 Å². The van der Waals surface area contributed by atoms with Gasteiger partial charge in [0.15, 0.2) is 5.96 Å². The molecule has 0 aromatic carbocycles. The zero-order chi connectivity index (χ0) is 17.5. The van der Waals surface area contributed by atoms with Gasteiger partial charge in [0.25, 0.3) is 0 Å². The van der Waals surface area contributed by atoms with E-state index in [9.17, 15) is 4.79 Å². The highest BCUT2D eigenvalue weighted by Crippen LogP contribution is 2.62. The average Bonchev–Trinajstić information content (AvgIpc) is 2.80. The van der Waals surface area contributed by atoms with Gasteiger partial charge in [0, 0.05) is 43.6 Å². The molecule has 1 spiro atoms. The lowest BCUT2D eigenvalue weighted by atomic mass is 9.46. The predicted molar refractivity (Wildman–Crippen MR) is 94.9 cm³/mol. The smallest absolute Gasteiger partial charge is 0.240 e. The van der Waals surface area contributed by atoms with E-state index in [1.165, 1.54) is 19.3 Å². The fourth-order valence-electron chi connectivity index (χ4n) is 4.69. The molecule has 24 heavy (non-hydrogen) atoms. The highest BCUT2D eigenvalue weighted by atomic mass is 16.5. The van der Waals surface area contributed by atoms with Gasteiger partial charge in [0.2, 0.25) is 5.91 Å². The van der Waals surface area contributed by atoms with Gasteiger partial charge in [0.05, 0.1) is 12.6 Å². The number of nitrogens with one attached hydrogen (secondary N) is 2. The summed E-state index contributed by atoms with van der Waals surface area (Å²) in [4.78, 5) is 18.5. The molecule has 3 rings (SSSR count). The van der Waals surface area contributed by atoms with Crippen LogP contribution in [0.1, 0.15) is 46.5 Å². The van der Waals surface area contributed by atoms with Gasteiger partial charge in [-0.15, -0.1) is 0 Å². The van der Waals surface area contributed by atoms with Gasteiger partial charge in [-0.1, -0.05) is 6.42 Å². The first-order valence-electron chi connectivity index (χ1n) is 9.14. The summed E-state index contributed by atoms with van der Waals surface area (Å²) in [6, 6.07) is 0.436. The minimum atomic E-state index is -0.215. The summed E-state index contributed by atoms with van der Waals surface area (Å²) in [7, 11) is 3.71. The van der Waals surface area contributed by atoms with Gasteiger partial charge in [-0.25, -0.2) is 0 Å². The van der Waals surface area contributed by atoms with Crippen molar-refractivity contribution in [2.45, 2.75) is 64.1 Å². The summed E-state index contributed by atoms with van der Waals surface area (Å²) in [5, 5.41) is 6.65. The molecule has 136 valence electrons. The third-order valence-corrected chi connectivity index (χ3v) is 5.79. The molecule has 1 aliphatic heterocycles. The van der Waals surface area contributed by atoms with Gasteiger partial charge in [-0.05, 0) is 40.0 Å². The second-order valence-corrected chi connectivity index (χ2v) is 8.65. The zero-order valence-electron chi connectivity index (χ0n) is 15.7. The van der Waals surface area contributed by atoms with Crippen LogP contribution in [0.25, 0.3) is 0 Å². The molecule has 6 nitrogen and oxygen atoms in total. The van der Waals surface area contributed by atoms with Gasteiger partial charge in [-0.2, -0.15) is 0 Å². The Bertz CT molecular complexity index is 522. The van der Waals surface area contributed by atoms with E-state index in [1.807, 2.05) is 32.7 Å². The molecule has 0 aromatic rings. The van der Waals surface area contributed by atoms with Crippen molar-refractivity contribution in [3.8, 4) is 0 Å². The molecule has 0 radical (unpaired) electrons. The number of guanidine groups is 1. The van der Waals surface area contributed by atoms with Crippen LogP contribution < -0.4 is 10.6 Å². The lowest BCUT2D eigenvalue weighted by molar-refractivity contribution is -0.171. The van der Waals surface area contributed by atoms with Crippen molar-refractivity contribution in [1.82, 2.24) is 15.5 Å². The third kappa shape index (κ3) is 3.01. The average molecular weight is 336 g/mol. The largest absolute Gasteiger partial charge is 0.377 e. The van der Waals surface area contributed by atoms with Crippen LogP contribution in [0.3, 0.4) is 0 Å². The second-order valence-electron chi connectivity index (χ2n) is 8.65. The van der Waals surface area contributed by atoms with Crippen molar-refractivity contribution in [2.24, 2.45) is 16.3 Å².